The van der Waals surface area contributed by atoms with Gasteiger partial charge in [-0.1, -0.05) is 51.1 Å². The van der Waals surface area contributed by atoms with E-state index in [2.05, 4.69) is 61.9 Å². The van der Waals surface area contributed by atoms with Crippen molar-refractivity contribution in [3.8, 4) is 0 Å². The Balaban J connectivity index is 2.09. The second kappa shape index (κ2) is 6.31. The fourth-order valence-corrected chi connectivity index (χ4v) is 3.96. The van der Waals surface area contributed by atoms with Crippen molar-refractivity contribution >= 4 is 12.0 Å². The number of hydrogen-bond acceptors (Lipinski definition) is 2. The zero-order chi connectivity index (χ0) is 17.3. The topological polar surface area (TPSA) is 31.2 Å². The van der Waals surface area contributed by atoms with Crippen molar-refractivity contribution < 1.29 is 9.53 Å². The molecule has 0 amide bonds. The predicted octanol–water partition coefficient (Wildman–Crippen LogP) is 4.82. The first-order chi connectivity index (χ1) is 11.5. The Morgan fingerprint density at radius 3 is 2.58 bits per heavy atom. The van der Waals surface area contributed by atoms with Gasteiger partial charge in [0.1, 0.15) is 0 Å². The van der Waals surface area contributed by atoms with Crippen molar-refractivity contribution in [1.82, 2.24) is 4.57 Å². The number of carbonyl (C=O) groups excluding carboxylic acids is 1. The third-order valence-electron chi connectivity index (χ3n) is 5.13. The number of carbonyl (C=O) groups is 1. The van der Waals surface area contributed by atoms with E-state index >= 15 is 0 Å². The molecule has 0 bridgehead atoms. The van der Waals surface area contributed by atoms with Gasteiger partial charge in [-0.05, 0) is 30.7 Å². The molecule has 126 valence electrons. The van der Waals surface area contributed by atoms with Crippen LogP contribution in [0.1, 0.15) is 50.9 Å². The van der Waals surface area contributed by atoms with Gasteiger partial charge in [0.25, 0.3) is 0 Å². The highest BCUT2D eigenvalue weighted by Gasteiger charge is 2.44. The summed E-state index contributed by atoms with van der Waals surface area (Å²) >= 11 is 0. The van der Waals surface area contributed by atoms with Crippen LogP contribution in [-0.4, -0.2) is 17.1 Å². The van der Waals surface area contributed by atoms with E-state index < -0.39 is 0 Å². The van der Waals surface area contributed by atoms with Crippen molar-refractivity contribution in [2.75, 3.05) is 6.61 Å². The summed E-state index contributed by atoms with van der Waals surface area (Å²) in [6.45, 7) is 8.76. The number of aromatic nitrogens is 1. The molecule has 3 nitrogen and oxygen atoms in total. The van der Waals surface area contributed by atoms with Gasteiger partial charge in [0.15, 0.2) is 0 Å². The van der Waals surface area contributed by atoms with Gasteiger partial charge in [-0.25, -0.2) is 4.79 Å². The summed E-state index contributed by atoms with van der Waals surface area (Å²) in [6.07, 6.45) is 4.09. The number of hydrogen-bond donors (Lipinski definition) is 0. The lowest BCUT2D eigenvalue weighted by atomic mass is 9.69. The second-order valence-corrected chi connectivity index (χ2v) is 6.98. The van der Waals surface area contributed by atoms with E-state index in [1.165, 1.54) is 5.56 Å². The lowest BCUT2D eigenvalue weighted by Gasteiger charge is -2.43. The Morgan fingerprint density at radius 2 is 1.92 bits per heavy atom. The normalized spacial score (nSPS) is 20.0. The molecule has 0 saturated carbocycles. The smallest absolute Gasteiger partial charge is 0.334 e. The van der Waals surface area contributed by atoms with Crippen LogP contribution in [0.25, 0.3) is 6.08 Å². The SMILES string of the molecule is CCOC(=O)C1=Cc2cccn2C(C(C)c2ccccc2)C1(C)C. The molecule has 3 rings (SSSR count). The highest BCUT2D eigenvalue weighted by molar-refractivity contribution is 5.95. The minimum absolute atomic E-state index is 0.148. The zero-order valence-corrected chi connectivity index (χ0v) is 14.8. The Bertz CT molecular complexity index is 755. The van der Waals surface area contributed by atoms with Gasteiger partial charge < -0.3 is 9.30 Å². The van der Waals surface area contributed by atoms with Gasteiger partial charge in [-0.3, -0.25) is 0 Å². The van der Waals surface area contributed by atoms with Crippen molar-refractivity contribution in [3.63, 3.8) is 0 Å². The van der Waals surface area contributed by atoms with Crippen LogP contribution in [0.4, 0.5) is 0 Å². The molecule has 2 atom stereocenters. The molecule has 1 aliphatic heterocycles. The molecule has 1 aromatic heterocycles. The summed E-state index contributed by atoms with van der Waals surface area (Å²) in [5.41, 5.74) is 2.77. The third-order valence-corrected chi connectivity index (χ3v) is 5.13. The highest BCUT2D eigenvalue weighted by Crippen LogP contribution is 2.50. The minimum Gasteiger partial charge on any atom is -0.463 e. The summed E-state index contributed by atoms with van der Waals surface area (Å²) in [7, 11) is 0. The molecule has 2 heterocycles. The predicted molar refractivity (Wildman–Crippen MR) is 96.7 cm³/mol. The molecular weight excluding hydrogens is 298 g/mol. The molecular formula is C21H25NO2. The lowest BCUT2D eigenvalue weighted by molar-refractivity contribution is -0.140. The maximum Gasteiger partial charge on any atom is 0.334 e. The van der Waals surface area contributed by atoms with E-state index in [1.54, 1.807) is 0 Å². The van der Waals surface area contributed by atoms with Crippen LogP contribution in [0.2, 0.25) is 0 Å². The zero-order valence-electron chi connectivity index (χ0n) is 14.8. The van der Waals surface area contributed by atoms with Crippen LogP contribution in [0.15, 0.2) is 54.2 Å². The maximum absolute atomic E-state index is 12.6. The second-order valence-electron chi connectivity index (χ2n) is 6.98. The summed E-state index contributed by atoms with van der Waals surface area (Å²) in [5.74, 6) is 0.0608. The summed E-state index contributed by atoms with van der Waals surface area (Å²) in [5, 5.41) is 0. The number of fused-ring (bicyclic) bond motifs is 1. The monoisotopic (exact) mass is 323 g/mol. The Morgan fingerprint density at radius 1 is 1.21 bits per heavy atom. The van der Waals surface area contributed by atoms with Crippen molar-refractivity contribution in [1.29, 1.82) is 0 Å². The van der Waals surface area contributed by atoms with E-state index in [4.69, 9.17) is 4.74 Å². The molecule has 0 spiro atoms. The van der Waals surface area contributed by atoms with Crippen molar-refractivity contribution in [3.05, 3.63) is 65.5 Å². The van der Waals surface area contributed by atoms with E-state index in [0.29, 0.717) is 6.61 Å². The van der Waals surface area contributed by atoms with Crippen LogP contribution in [-0.2, 0) is 9.53 Å². The molecule has 0 aliphatic carbocycles. The Hall–Kier alpha value is -2.29. The number of rotatable bonds is 4. The average molecular weight is 323 g/mol. The van der Waals surface area contributed by atoms with Crippen LogP contribution in [0.5, 0.6) is 0 Å². The Labute approximate surface area is 144 Å². The first-order valence-corrected chi connectivity index (χ1v) is 8.58. The standard InChI is InChI=1S/C21H25NO2/c1-5-24-20(23)18-14-17-12-9-13-22(17)19(21(18,3)4)15(2)16-10-7-6-8-11-16/h6-15,19H,5H2,1-4H3. The van der Waals surface area contributed by atoms with E-state index in [9.17, 15) is 4.79 Å². The quantitative estimate of drug-likeness (QED) is 0.755. The van der Waals surface area contributed by atoms with E-state index in [1.807, 2.05) is 25.1 Å². The molecule has 24 heavy (non-hydrogen) atoms. The van der Waals surface area contributed by atoms with E-state index in [-0.39, 0.29) is 23.3 Å². The fourth-order valence-electron chi connectivity index (χ4n) is 3.96. The molecule has 0 N–H and O–H groups in total. The van der Waals surface area contributed by atoms with Crippen molar-refractivity contribution in [2.45, 2.75) is 39.7 Å². The number of benzene rings is 1. The number of ether oxygens (including phenoxy) is 1. The first-order valence-electron chi connectivity index (χ1n) is 8.58. The van der Waals surface area contributed by atoms with Crippen LogP contribution >= 0.6 is 0 Å². The number of nitrogens with zero attached hydrogens (tertiary/aromatic N) is 1. The van der Waals surface area contributed by atoms with Gasteiger partial charge >= 0.3 is 5.97 Å². The van der Waals surface area contributed by atoms with Gasteiger partial charge in [0.05, 0.1) is 6.61 Å². The molecule has 0 fully saturated rings. The van der Waals surface area contributed by atoms with E-state index in [0.717, 1.165) is 11.3 Å². The van der Waals surface area contributed by atoms with Gasteiger partial charge in [-0.2, -0.15) is 0 Å². The van der Waals surface area contributed by atoms with Gasteiger partial charge in [-0.15, -0.1) is 0 Å². The van der Waals surface area contributed by atoms with Crippen molar-refractivity contribution in [2.24, 2.45) is 5.41 Å². The molecule has 0 radical (unpaired) electrons. The lowest BCUT2D eigenvalue weighted by Crippen LogP contribution is -2.38. The maximum atomic E-state index is 12.6. The summed E-state index contributed by atoms with van der Waals surface area (Å²) in [4.78, 5) is 12.6. The third kappa shape index (κ3) is 2.68. The Kier molecular flexibility index (Phi) is 4.35. The van der Waals surface area contributed by atoms with Crippen LogP contribution < -0.4 is 0 Å². The van der Waals surface area contributed by atoms with Crippen LogP contribution in [0.3, 0.4) is 0 Å². The summed E-state index contributed by atoms with van der Waals surface area (Å²) in [6, 6.07) is 14.7. The fraction of sp³-hybridized carbons (Fsp3) is 0.381. The molecule has 0 saturated heterocycles. The molecule has 1 aromatic carbocycles. The molecule has 3 heteroatoms. The largest absolute Gasteiger partial charge is 0.463 e. The molecule has 2 aromatic rings. The number of esters is 1. The minimum atomic E-state index is -0.326. The van der Waals surface area contributed by atoms with Gasteiger partial charge in [0, 0.05) is 34.8 Å². The molecule has 1 aliphatic rings. The highest BCUT2D eigenvalue weighted by atomic mass is 16.5. The first kappa shape index (κ1) is 16.6. The van der Waals surface area contributed by atoms with Gasteiger partial charge in [0.2, 0.25) is 0 Å². The molecule has 2 unspecified atom stereocenters. The summed E-state index contributed by atoms with van der Waals surface area (Å²) < 4.78 is 7.62. The van der Waals surface area contributed by atoms with Crippen LogP contribution in [0, 0.1) is 5.41 Å². The average Bonchev–Trinajstić information content (AvgIpc) is 3.01.